The van der Waals surface area contributed by atoms with Crippen LogP contribution in [0.3, 0.4) is 0 Å². The highest BCUT2D eigenvalue weighted by Gasteiger charge is 2.32. The Morgan fingerprint density at radius 1 is 1.50 bits per heavy atom. The molecule has 1 amide bonds. The second kappa shape index (κ2) is 6.41. The molecule has 0 spiro atoms. The summed E-state index contributed by atoms with van der Waals surface area (Å²) in [4.78, 5) is 14.2. The van der Waals surface area contributed by atoms with Gasteiger partial charge in [-0.2, -0.15) is 0 Å². The van der Waals surface area contributed by atoms with Gasteiger partial charge in [0.15, 0.2) is 0 Å². The number of amides is 1. The van der Waals surface area contributed by atoms with Gasteiger partial charge in [-0.25, -0.2) is 0 Å². The lowest BCUT2D eigenvalue weighted by atomic mass is 10.1. The molecule has 0 bridgehead atoms. The van der Waals surface area contributed by atoms with Crippen LogP contribution in [-0.2, 0) is 0 Å². The predicted octanol–water partition coefficient (Wildman–Crippen LogP) is 2.57. The highest BCUT2D eigenvalue weighted by atomic mass is 35.5. The average molecular weight is 289 g/mol. The summed E-state index contributed by atoms with van der Waals surface area (Å²) in [6, 6.07) is 7.42. The quantitative estimate of drug-likeness (QED) is 0.909. The molecular weight excluding hydrogens is 271 g/mol. The lowest BCUT2D eigenvalue weighted by Crippen LogP contribution is -2.34. The zero-order valence-electron chi connectivity index (χ0n) is 10.3. The van der Waals surface area contributed by atoms with Gasteiger partial charge >= 0.3 is 0 Å². The maximum atomic E-state index is 12.3. The van der Waals surface area contributed by atoms with E-state index in [1.807, 2.05) is 17.0 Å². The van der Waals surface area contributed by atoms with Gasteiger partial charge in [0, 0.05) is 12.6 Å². The van der Waals surface area contributed by atoms with Gasteiger partial charge in [0.1, 0.15) is 0 Å². The molecule has 0 aromatic heterocycles. The Kier molecular flexibility index (Phi) is 5.45. The van der Waals surface area contributed by atoms with Crippen LogP contribution in [0, 0.1) is 5.92 Å². The molecule has 1 aliphatic rings. The van der Waals surface area contributed by atoms with Gasteiger partial charge < -0.3 is 10.6 Å². The monoisotopic (exact) mass is 288 g/mol. The van der Waals surface area contributed by atoms with Crippen molar-refractivity contribution < 1.29 is 4.79 Å². The van der Waals surface area contributed by atoms with E-state index in [1.165, 1.54) is 0 Å². The summed E-state index contributed by atoms with van der Waals surface area (Å²) in [6.45, 7) is 3.43. The predicted molar refractivity (Wildman–Crippen MR) is 76.4 cm³/mol. The van der Waals surface area contributed by atoms with Gasteiger partial charge in [-0.3, -0.25) is 4.79 Å². The van der Waals surface area contributed by atoms with Crippen LogP contribution in [0.25, 0.3) is 0 Å². The van der Waals surface area contributed by atoms with Crippen LogP contribution < -0.4 is 5.73 Å². The normalized spacial score (nSPS) is 22.7. The van der Waals surface area contributed by atoms with Crippen molar-refractivity contribution in [2.45, 2.75) is 19.4 Å². The average Bonchev–Trinajstić information content (AvgIpc) is 2.70. The second-order valence-electron chi connectivity index (χ2n) is 4.62. The van der Waals surface area contributed by atoms with E-state index in [1.54, 1.807) is 12.1 Å². The van der Waals surface area contributed by atoms with E-state index >= 15 is 0 Å². The molecule has 1 aromatic carbocycles. The number of benzene rings is 1. The number of hydrogen-bond donors (Lipinski definition) is 1. The lowest BCUT2D eigenvalue weighted by Gasteiger charge is -2.22. The van der Waals surface area contributed by atoms with Gasteiger partial charge in [-0.05, 0) is 37.9 Å². The zero-order chi connectivity index (χ0) is 12.4. The molecule has 1 heterocycles. The van der Waals surface area contributed by atoms with Crippen molar-refractivity contribution >= 4 is 29.9 Å². The van der Waals surface area contributed by atoms with Crippen LogP contribution >= 0.6 is 24.0 Å². The summed E-state index contributed by atoms with van der Waals surface area (Å²) in [5, 5.41) is 0.515. The number of nitrogens with zero attached hydrogens (tertiary/aromatic N) is 1. The Bertz CT molecular complexity index is 425. The number of hydrogen-bond acceptors (Lipinski definition) is 2. The molecule has 2 atom stereocenters. The van der Waals surface area contributed by atoms with E-state index in [0.717, 1.165) is 13.0 Å². The van der Waals surface area contributed by atoms with Crippen molar-refractivity contribution in [3.63, 3.8) is 0 Å². The molecule has 2 unspecified atom stereocenters. The minimum Gasteiger partial charge on any atom is -0.336 e. The van der Waals surface area contributed by atoms with E-state index in [-0.39, 0.29) is 24.4 Å². The van der Waals surface area contributed by atoms with Crippen molar-refractivity contribution in [3.8, 4) is 0 Å². The number of carbonyl (C=O) groups is 1. The number of likely N-dealkylation sites (tertiary alicyclic amines) is 1. The summed E-state index contributed by atoms with van der Waals surface area (Å²) in [7, 11) is 0. The van der Waals surface area contributed by atoms with E-state index in [0.29, 0.717) is 23.0 Å². The number of carbonyl (C=O) groups excluding carboxylic acids is 1. The molecule has 0 radical (unpaired) electrons. The summed E-state index contributed by atoms with van der Waals surface area (Å²) < 4.78 is 0. The fourth-order valence-electron chi connectivity index (χ4n) is 2.39. The number of nitrogens with two attached hydrogens (primary N) is 1. The largest absolute Gasteiger partial charge is 0.336 e. The van der Waals surface area contributed by atoms with Crippen LogP contribution in [0.1, 0.15) is 23.7 Å². The summed E-state index contributed by atoms with van der Waals surface area (Å²) in [5.41, 5.74) is 6.25. The van der Waals surface area contributed by atoms with Crippen molar-refractivity contribution in [3.05, 3.63) is 34.9 Å². The third-order valence-electron chi connectivity index (χ3n) is 3.36. The van der Waals surface area contributed by atoms with Crippen LogP contribution in [0.4, 0.5) is 0 Å². The third kappa shape index (κ3) is 2.97. The number of halogens is 2. The van der Waals surface area contributed by atoms with Gasteiger partial charge in [0.25, 0.3) is 5.91 Å². The molecule has 1 fully saturated rings. The highest BCUT2D eigenvalue weighted by molar-refractivity contribution is 6.33. The first-order valence-electron chi connectivity index (χ1n) is 5.89. The Balaban J connectivity index is 0.00000162. The van der Waals surface area contributed by atoms with Gasteiger partial charge in [0.2, 0.25) is 0 Å². The first kappa shape index (κ1) is 15.3. The smallest absolute Gasteiger partial charge is 0.255 e. The molecule has 0 aliphatic carbocycles. The summed E-state index contributed by atoms with van der Waals surface area (Å²) >= 11 is 6.04. The first-order chi connectivity index (χ1) is 8.13. The van der Waals surface area contributed by atoms with Crippen molar-refractivity contribution in [2.24, 2.45) is 11.7 Å². The van der Waals surface area contributed by atoms with Crippen LogP contribution in [-0.4, -0.2) is 29.9 Å². The molecule has 1 aromatic rings. The molecule has 2 rings (SSSR count). The minimum atomic E-state index is 0. The Morgan fingerprint density at radius 3 is 2.72 bits per heavy atom. The molecule has 1 aliphatic heterocycles. The SMILES string of the molecule is CC1CC(CN)CN1C(=O)c1ccccc1Cl.Cl. The highest BCUT2D eigenvalue weighted by Crippen LogP contribution is 2.26. The van der Waals surface area contributed by atoms with Gasteiger partial charge in [-0.15, -0.1) is 12.4 Å². The van der Waals surface area contributed by atoms with Crippen LogP contribution in [0.2, 0.25) is 5.02 Å². The minimum absolute atomic E-state index is 0. The molecule has 100 valence electrons. The molecular formula is C13H18Cl2N2O. The van der Waals surface area contributed by atoms with E-state index in [4.69, 9.17) is 17.3 Å². The summed E-state index contributed by atoms with van der Waals surface area (Å²) in [6.07, 6.45) is 0.979. The molecule has 18 heavy (non-hydrogen) atoms. The maximum absolute atomic E-state index is 12.3. The molecule has 3 nitrogen and oxygen atoms in total. The fraction of sp³-hybridized carbons (Fsp3) is 0.462. The lowest BCUT2D eigenvalue weighted by molar-refractivity contribution is 0.0743. The zero-order valence-corrected chi connectivity index (χ0v) is 11.9. The molecule has 0 saturated carbocycles. The Labute approximate surface area is 119 Å². The number of rotatable bonds is 2. The van der Waals surface area contributed by atoms with Gasteiger partial charge in [-0.1, -0.05) is 23.7 Å². The standard InChI is InChI=1S/C13H17ClN2O.ClH/c1-9-6-10(7-15)8-16(9)13(17)11-4-2-3-5-12(11)14;/h2-5,9-10H,6-8,15H2,1H3;1H. The molecule has 5 heteroatoms. The summed E-state index contributed by atoms with van der Waals surface area (Å²) in [5.74, 6) is 0.426. The van der Waals surface area contributed by atoms with Crippen LogP contribution in [0.5, 0.6) is 0 Å². The molecule has 1 saturated heterocycles. The second-order valence-corrected chi connectivity index (χ2v) is 5.03. The first-order valence-corrected chi connectivity index (χ1v) is 6.27. The van der Waals surface area contributed by atoms with Crippen LogP contribution in [0.15, 0.2) is 24.3 Å². The van der Waals surface area contributed by atoms with Crippen molar-refractivity contribution in [2.75, 3.05) is 13.1 Å². The van der Waals surface area contributed by atoms with Crippen molar-refractivity contribution in [1.82, 2.24) is 4.90 Å². The van der Waals surface area contributed by atoms with E-state index in [2.05, 4.69) is 6.92 Å². The van der Waals surface area contributed by atoms with E-state index in [9.17, 15) is 4.79 Å². The third-order valence-corrected chi connectivity index (χ3v) is 3.69. The fourth-order valence-corrected chi connectivity index (χ4v) is 2.60. The topological polar surface area (TPSA) is 46.3 Å². The van der Waals surface area contributed by atoms with Crippen molar-refractivity contribution in [1.29, 1.82) is 0 Å². The van der Waals surface area contributed by atoms with E-state index < -0.39 is 0 Å². The Morgan fingerprint density at radius 2 is 2.17 bits per heavy atom. The maximum Gasteiger partial charge on any atom is 0.255 e. The Hall–Kier alpha value is -0.770. The van der Waals surface area contributed by atoms with Gasteiger partial charge in [0.05, 0.1) is 10.6 Å². The molecule has 2 N–H and O–H groups in total.